The fourth-order valence-electron chi connectivity index (χ4n) is 2.25. The maximum Gasteiger partial charge on any atom is 0.272 e. The first-order chi connectivity index (χ1) is 9.19. The second kappa shape index (κ2) is 5.77. The summed E-state index contributed by atoms with van der Waals surface area (Å²) in [7, 11) is 0. The van der Waals surface area contributed by atoms with Crippen molar-refractivity contribution in [3.63, 3.8) is 0 Å². The van der Waals surface area contributed by atoms with E-state index < -0.39 is 0 Å². The molecule has 4 nitrogen and oxygen atoms in total. The summed E-state index contributed by atoms with van der Waals surface area (Å²) in [6, 6.07) is 8.44. The largest absolute Gasteiger partial charge is 1.00 e. The molecular formula is C15H18ClN3O. The predicted molar refractivity (Wildman–Crippen MR) is 75.4 cm³/mol. The van der Waals surface area contributed by atoms with Crippen LogP contribution in [0.3, 0.4) is 0 Å². The van der Waals surface area contributed by atoms with E-state index in [-0.39, 0.29) is 12.4 Å². The standard InChI is InChI=1S/C15H17N3O.ClH/c1-4-12-17-13-10-7-5-6-8-11(10)19-14(13)15(18-12)16-9(2)3;/h5-9H,4H2,1-3H3,(H,16,17,18);1H. The smallest absolute Gasteiger partial charge is 0.272 e. The molecule has 3 aromatic rings. The number of furan rings is 1. The lowest BCUT2D eigenvalue weighted by Gasteiger charge is -2.04. The van der Waals surface area contributed by atoms with E-state index in [1.54, 1.807) is 0 Å². The van der Waals surface area contributed by atoms with E-state index >= 15 is 0 Å². The maximum absolute atomic E-state index is 5.93. The van der Waals surface area contributed by atoms with E-state index in [0.29, 0.717) is 6.04 Å². The van der Waals surface area contributed by atoms with Crippen molar-refractivity contribution in [2.45, 2.75) is 33.2 Å². The second-order valence-electron chi connectivity index (χ2n) is 5.07. The lowest BCUT2D eigenvalue weighted by Crippen LogP contribution is -3.00. The van der Waals surface area contributed by atoms with Crippen molar-refractivity contribution in [3.8, 4) is 0 Å². The zero-order chi connectivity index (χ0) is 13.4. The summed E-state index contributed by atoms with van der Waals surface area (Å²) in [5, 5.41) is 3.19. The molecule has 20 heavy (non-hydrogen) atoms. The number of hydrogen-bond donors (Lipinski definition) is 1. The number of nitrogens with zero attached hydrogens (tertiary/aromatic N) is 2. The molecule has 0 aliphatic rings. The Kier molecular flexibility index (Phi) is 4.26. The third-order valence-corrected chi connectivity index (χ3v) is 3.10. The first-order valence-electron chi connectivity index (χ1n) is 6.72. The molecule has 3 rings (SSSR count). The molecule has 0 atom stereocenters. The van der Waals surface area contributed by atoms with Crippen LogP contribution in [0.2, 0.25) is 0 Å². The molecule has 2 aromatic heterocycles. The van der Waals surface area contributed by atoms with Crippen LogP contribution in [0.5, 0.6) is 0 Å². The van der Waals surface area contributed by atoms with Crippen molar-refractivity contribution in [1.29, 1.82) is 0 Å². The van der Waals surface area contributed by atoms with Gasteiger partial charge in [0.25, 0.3) is 5.82 Å². The first-order valence-corrected chi connectivity index (χ1v) is 6.72. The van der Waals surface area contributed by atoms with Gasteiger partial charge in [-0.3, -0.25) is 5.32 Å². The van der Waals surface area contributed by atoms with Crippen molar-refractivity contribution < 1.29 is 22.1 Å². The molecular weight excluding hydrogens is 274 g/mol. The van der Waals surface area contributed by atoms with Crippen LogP contribution in [0.25, 0.3) is 22.1 Å². The van der Waals surface area contributed by atoms with E-state index in [0.717, 1.165) is 40.1 Å². The highest BCUT2D eigenvalue weighted by Gasteiger charge is 2.18. The Morgan fingerprint density at radius 1 is 1.20 bits per heavy atom. The van der Waals surface area contributed by atoms with Crippen LogP contribution >= 0.6 is 0 Å². The molecule has 0 amide bonds. The summed E-state index contributed by atoms with van der Waals surface area (Å²) >= 11 is 0. The van der Waals surface area contributed by atoms with Gasteiger partial charge in [0.2, 0.25) is 5.58 Å². The zero-order valence-electron chi connectivity index (χ0n) is 11.9. The average molecular weight is 292 g/mol. The van der Waals surface area contributed by atoms with Crippen molar-refractivity contribution in [3.05, 3.63) is 30.1 Å². The molecule has 1 aromatic carbocycles. The zero-order valence-corrected chi connectivity index (χ0v) is 12.6. The molecule has 106 valence electrons. The van der Waals surface area contributed by atoms with Gasteiger partial charge in [0.1, 0.15) is 16.9 Å². The van der Waals surface area contributed by atoms with Gasteiger partial charge >= 0.3 is 0 Å². The minimum Gasteiger partial charge on any atom is -1.00 e. The SMILES string of the molecule is CCc1nc([NH2+]C(C)C)c2oc3ccccc3c2n1.[Cl-]. The number of aromatic nitrogens is 2. The van der Waals surface area contributed by atoms with Crippen molar-refractivity contribution >= 4 is 27.9 Å². The summed E-state index contributed by atoms with van der Waals surface area (Å²) in [5.74, 6) is 1.78. The Morgan fingerprint density at radius 2 is 1.95 bits per heavy atom. The molecule has 0 saturated carbocycles. The van der Waals surface area contributed by atoms with E-state index in [9.17, 15) is 0 Å². The summed E-state index contributed by atoms with van der Waals surface area (Å²) in [4.78, 5) is 9.22. The fraction of sp³-hybridized carbons (Fsp3) is 0.333. The van der Waals surface area contributed by atoms with Crippen molar-refractivity contribution in [1.82, 2.24) is 9.97 Å². The van der Waals surface area contributed by atoms with Crippen LogP contribution in [0, 0.1) is 0 Å². The molecule has 0 saturated heterocycles. The maximum atomic E-state index is 5.93. The number of quaternary nitrogens is 1. The van der Waals surface area contributed by atoms with E-state index in [4.69, 9.17) is 4.42 Å². The van der Waals surface area contributed by atoms with Crippen LogP contribution in [0.15, 0.2) is 28.7 Å². The fourth-order valence-corrected chi connectivity index (χ4v) is 2.25. The third-order valence-electron chi connectivity index (χ3n) is 3.10. The normalized spacial score (nSPS) is 11.2. The summed E-state index contributed by atoms with van der Waals surface area (Å²) in [5.41, 5.74) is 2.60. The molecule has 0 bridgehead atoms. The van der Waals surface area contributed by atoms with Gasteiger partial charge in [-0.25, -0.2) is 4.98 Å². The highest BCUT2D eigenvalue weighted by Crippen LogP contribution is 2.29. The van der Waals surface area contributed by atoms with Gasteiger partial charge in [0.15, 0.2) is 0 Å². The number of nitrogens with two attached hydrogens (primary N) is 1. The third kappa shape index (κ3) is 2.49. The van der Waals surface area contributed by atoms with Gasteiger partial charge in [0, 0.05) is 11.8 Å². The van der Waals surface area contributed by atoms with E-state index in [2.05, 4.69) is 36.1 Å². The van der Waals surface area contributed by atoms with E-state index in [1.807, 2.05) is 24.3 Å². The summed E-state index contributed by atoms with van der Waals surface area (Å²) in [6.07, 6.45) is 0.828. The molecule has 0 aliphatic carbocycles. The lowest BCUT2D eigenvalue weighted by atomic mass is 10.2. The molecule has 2 N–H and O–H groups in total. The summed E-state index contributed by atoms with van der Waals surface area (Å²) < 4.78 is 5.93. The minimum absolute atomic E-state index is 0. The number of hydrogen-bond acceptors (Lipinski definition) is 3. The summed E-state index contributed by atoms with van der Waals surface area (Å²) in [6.45, 7) is 6.35. The first kappa shape index (κ1) is 14.8. The molecule has 0 unspecified atom stereocenters. The second-order valence-corrected chi connectivity index (χ2v) is 5.07. The Morgan fingerprint density at radius 3 is 2.65 bits per heavy atom. The number of halogens is 1. The van der Waals surface area contributed by atoms with Crippen molar-refractivity contribution in [2.75, 3.05) is 0 Å². The van der Waals surface area contributed by atoms with Crippen LogP contribution in [-0.2, 0) is 6.42 Å². The molecule has 0 fully saturated rings. The number of para-hydroxylation sites is 1. The van der Waals surface area contributed by atoms with Crippen LogP contribution in [0.4, 0.5) is 5.82 Å². The van der Waals surface area contributed by atoms with Gasteiger partial charge in [-0.1, -0.05) is 19.1 Å². The number of fused-ring (bicyclic) bond motifs is 3. The van der Waals surface area contributed by atoms with Gasteiger partial charge in [0.05, 0.1) is 6.04 Å². The van der Waals surface area contributed by atoms with Gasteiger partial charge in [-0.15, -0.1) is 0 Å². The predicted octanol–water partition coefficient (Wildman–Crippen LogP) is -0.454. The Labute approximate surface area is 124 Å². The Hall–Kier alpha value is -1.65. The highest BCUT2D eigenvalue weighted by molar-refractivity contribution is 6.04. The van der Waals surface area contributed by atoms with Gasteiger partial charge in [-0.2, -0.15) is 4.98 Å². The van der Waals surface area contributed by atoms with Gasteiger partial charge in [-0.05, 0) is 26.0 Å². The topological polar surface area (TPSA) is 55.5 Å². The number of benzene rings is 1. The van der Waals surface area contributed by atoms with Crippen LogP contribution in [0.1, 0.15) is 26.6 Å². The number of aryl methyl sites for hydroxylation is 1. The van der Waals surface area contributed by atoms with E-state index in [1.165, 1.54) is 0 Å². The van der Waals surface area contributed by atoms with Crippen molar-refractivity contribution in [2.24, 2.45) is 0 Å². The quantitative estimate of drug-likeness (QED) is 0.711. The lowest BCUT2D eigenvalue weighted by molar-refractivity contribution is -0.605. The Bertz CT molecular complexity index is 736. The average Bonchev–Trinajstić information content (AvgIpc) is 2.77. The minimum atomic E-state index is 0. The molecule has 0 aliphatic heterocycles. The van der Waals surface area contributed by atoms with Crippen LogP contribution in [-0.4, -0.2) is 16.0 Å². The monoisotopic (exact) mass is 291 g/mol. The number of rotatable bonds is 3. The van der Waals surface area contributed by atoms with Gasteiger partial charge < -0.3 is 16.8 Å². The Balaban J connectivity index is 0.00000147. The van der Waals surface area contributed by atoms with Crippen LogP contribution < -0.4 is 17.7 Å². The molecule has 0 spiro atoms. The highest BCUT2D eigenvalue weighted by atomic mass is 35.5. The molecule has 2 heterocycles. The molecule has 0 radical (unpaired) electrons. The molecule has 5 heteroatoms.